The Hall–Kier alpha value is -3.15. The zero-order valence-corrected chi connectivity index (χ0v) is 11.6. The molecule has 6 heteroatoms. The van der Waals surface area contributed by atoms with E-state index < -0.39 is 0 Å². The van der Waals surface area contributed by atoms with Crippen LogP contribution in [0.2, 0.25) is 0 Å². The first-order chi connectivity index (χ1) is 10.7. The minimum absolute atomic E-state index is 0.0600. The highest BCUT2D eigenvalue weighted by atomic mass is 16.3. The summed E-state index contributed by atoms with van der Waals surface area (Å²) in [4.78, 5) is 21.4. The van der Waals surface area contributed by atoms with Crippen molar-refractivity contribution < 1.29 is 5.11 Å². The van der Waals surface area contributed by atoms with Crippen LogP contribution in [0.5, 0.6) is 5.88 Å². The molecular weight excluding hydrogens is 280 g/mol. The smallest absolute Gasteiger partial charge is 0.263 e. The number of aromatic hydroxyl groups is 1. The van der Waals surface area contributed by atoms with Crippen LogP contribution >= 0.6 is 0 Å². The first-order valence-corrected chi connectivity index (χ1v) is 6.86. The Labute approximate surface area is 123 Å². The van der Waals surface area contributed by atoms with Crippen LogP contribution in [-0.2, 0) is 7.05 Å². The van der Waals surface area contributed by atoms with Crippen LogP contribution in [-0.4, -0.2) is 24.0 Å². The molecule has 0 atom stereocenters. The van der Waals surface area contributed by atoms with Gasteiger partial charge in [0.05, 0.1) is 34.5 Å². The lowest BCUT2D eigenvalue weighted by molar-refractivity contribution is 0.433. The summed E-state index contributed by atoms with van der Waals surface area (Å²) in [6, 6.07) is 7.70. The summed E-state index contributed by atoms with van der Waals surface area (Å²) in [5, 5.41) is 12.5. The lowest BCUT2D eigenvalue weighted by atomic mass is 10.1. The van der Waals surface area contributed by atoms with E-state index in [0.29, 0.717) is 10.9 Å². The van der Waals surface area contributed by atoms with Gasteiger partial charge in [-0.3, -0.25) is 13.8 Å². The third kappa shape index (κ3) is 1.11. The predicted molar refractivity (Wildman–Crippen MR) is 83.6 cm³/mol. The standard InChI is InChI=1S/C16H10N4O2/c1-19-15(21)12-11-8-4-2-3-5-9(8)18-13(11)10-6-17-7-20(10)14(12)16(19)22/h2-7,22H,1H3. The Kier molecular flexibility index (Phi) is 1.85. The highest BCUT2D eigenvalue weighted by Crippen LogP contribution is 2.36. The molecule has 6 nitrogen and oxygen atoms in total. The van der Waals surface area contributed by atoms with Crippen molar-refractivity contribution in [2.24, 2.45) is 7.05 Å². The molecule has 0 aliphatic rings. The topological polar surface area (TPSA) is 72.4 Å². The van der Waals surface area contributed by atoms with E-state index in [-0.39, 0.29) is 11.4 Å². The summed E-state index contributed by atoms with van der Waals surface area (Å²) in [7, 11) is 1.56. The van der Waals surface area contributed by atoms with Crippen LogP contribution in [0, 0.1) is 0 Å². The van der Waals surface area contributed by atoms with Gasteiger partial charge in [0.25, 0.3) is 5.56 Å². The summed E-state index contributed by atoms with van der Waals surface area (Å²) in [5.74, 6) is -0.0600. The molecule has 0 aliphatic carbocycles. The Morgan fingerprint density at radius 3 is 2.86 bits per heavy atom. The van der Waals surface area contributed by atoms with Gasteiger partial charge in [0, 0.05) is 17.8 Å². The van der Waals surface area contributed by atoms with Crippen molar-refractivity contribution in [3.8, 4) is 5.88 Å². The number of nitrogens with zero attached hydrogens (tertiary/aromatic N) is 4. The lowest BCUT2D eigenvalue weighted by Gasteiger charge is -2.00. The van der Waals surface area contributed by atoms with E-state index >= 15 is 0 Å². The number of pyridine rings is 1. The molecular formula is C16H10N4O2. The average Bonchev–Trinajstić information content (AvgIpc) is 3.19. The van der Waals surface area contributed by atoms with E-state index in [1.54, 1.807) is 24.0 Å². The Morgan fingerprint density at radius 2 is 2.00 bits per heavy atom. The molecule has 0 spiro atoms. The summed E-state index contributed by atoms with van der Waals surface area (Å²) in [6.07, 6.45) is 3.29. The Balaban J connectivity index is 2.32. The van der Waals surface area contributed by atoms with E-state index in [0.717, 1.165) is 27.3 Å². The predicted octanol–water partition coefficient (Wildman–Crippen LogP) is 2.03. The highest BCUT2D eigenvalue weighted by Gasteiger charge is 2.22. The van der Waals surface area contributed by atoms with Crippen LogP contribution in [0.25, 0.3) is 38.2 Å². The normalized spacial score (nSPS) is 12.2. The monoisotopic (exact) mass is 290 g/mol. The van der Waals surface area contributed by atoms with E-state index in [2.05, 4.69) is 9.97 Å². The van der Waals surface area contributed by atoms with Crippen molar-refractivity contribution in [3.05, 3.63) is 47.1 Å². The van der Waals surface area contributed by atoms with Gasteiger partial charge in [0.15, 0.2) is 0 Å². The zero-order valence-electron chi connectivity index (χ0n) is 11.6. The molecule has 0 radical (unpaired) electrons. The van der Waals surface area contributed by atoms with Crippen molar-refractivity contribution in [2.45, 2.75) is 0 Å². The number of hydrogen-bond acceptors (Lipinski definition) is 4. The highest BCUT2D eigenvalue weighted by molar-refractivity contribution is 6.23. The molecule has 0 unspecified atom stereocenters. The largest absolute Gasteiger partial charge is 0.493 e. The first kappa shape index (κ1) is 11.5. The molecule has 0 amide bonds. The van der Waals surface area contributed by atoms with Crippen molar-refractivity contribution in [3.63, 3.8) is 0 Å². The molecule has 1 aromatic carbocycles. The van der Waals surface area contributed by atoms with Gasteiger partial charge < -0.3 is 5.11 Å². The molecule has 1 N–H and O–H groups in total. The number of aromatic nitrogens is 4. The van der Waals surface area contributed by atoms with Gasteiger partial charge in [-0.15, -0.1) is 0 Å². The van der Waals surface area contributed by atoms with Crippen LogP contribution in [0.15, 0.2) is 41.6 Å². The number of benzene rings is 1. The third-order valence-electron chi connectivity index (χ3n) is 4.30. The van der Waals surface area contributed by atoms with Gasteiger partial charge in [-0.1, -0.05) is 18.2 Å². The SMILES string of the molecule is Cn1c(O)c2c(c1=O)c1c3ccccc3nc1c1cncn12. The second-order valence-corrected chi connectivity index (χ2v) is 5.41. The number of hydrogen-bond donors (Lipinski definition) is 1. The molecule has 0 aliphatic heterocycles. The molecule has 4 heterocycles. The quantitative estimate of drug-likeness (QED) is 0.473. The maximum atomic E-state index is 12.6. The third-order valence-corrected chi connectivity index (χ3v) is 4.30. The van der Waals surface area contributed by atoms with E-state index in [1.807, 2.05) is 24.3 Å². The Bertz CT molecular complexity index is 1270. The summed E-state index contributed by atoms with van der Waals surface area (Å²) < 4.78 is 2.98. The fraction of sp³-hybridized carbons (Fsp3) is 0.0625. The van der Waals surface area contributed by atoms with Crippen molar-refractivity contribution in [1.29, 1.82) is 0 Å². The molecule has 0 bridgehead atoms. The van der Waals surface area contributed by atoms with Crippen LogP contribution < -0.4 is 5.56 Å². The second-order valence-electron chi connectivity index (χ2n) is 5.41. The van der Waals surface area contributed by atoms with Crippen LogP contribution in [0.4, 0.5) is 0 Å². The molecule has 22 heavy (non-hydrogen) atoms. The number of para-hydroxylation sites is 1. The van der Waals surface area contributed by atoms with E-state index in [9.17, 15) is 9.90 Å². The van der Waals surface area contributed by atoms with Crippen molar-refractivity contribution >= 4 is 38.2 Å². The van der Waals surface area contributed by atoms with Crippen LogP contribution in [0.1, 0.15) is 0 Å². The summed E-state index contributed by atoms with van der Waals surface area (Å²) in [5.41, 5.74) is 2.58. The fourth-order valence-electron chi connectivity index (χ4n) is 3.26. The lowest BCUT2D eigenvalue weighted by Crippen LogP contribution is -2.09. The van der Waals surface area contributed by atoms with E-state index in [4.69, 9.17) is 0 Å². The van der Waals surface area contributed by atoms with Gasteiger partial charge >= 0.3 is 0 Å². The average molecular weight is 290 g/mol. The molecule has 4 aromatic heterocycles. The number of fused-ring (bicyclic) bond motifs is 8. The van der Waals surface area contributed by atoms with Gasteiger partial charge in [0.1, 0.15) is 5.52 Å². The molecule has 5 aromatic rings. The molecule has 106 valence electrons. The minimum Gasteiger partial charge on any atom is -0.493 e. The van der Waals surface area contributed by atoms with Crippen molar-refractivity contribution in [2.75, 3.05) is 0 Å². The van der Waals surface area contributed by atoms with Crippen molar-refractivity contribution in [1.82, 2.24) is 18.9 Å². The van der Waals surface area contributed by atoms with Gasteiger partial charge in [-0.2, -0.15) is 0 Å². The molecule has 0 saturated heterocycles. The zero-order chi connectivity index (χ0) is 15.0. The molecule has 5 rings (SSSR count). The van der Waals surface area contributed by atoms with Gasteiger partial charge in [-0.05, 0) is 6.07 Å². The summed E-state index contributed by atoms with van der Waals surface area (Å²) in [6.45, 7) is 0. The van der Waals surface area contributed by atoms with Gasteiger partial charge in [-0.25, -0.2) is 9.97 Å². The Morgan fingerprint density at radius 1 is 1.18 bits per heavy atom. The first-order valence-electron chi connectivity index (χ1n) is 6.86. The number of imidazole rings is 1. The van der Waals surface area contributed by atoms with Gasteiger partial charge in [0.2, 0.25) is 5.88 Å². The fourth-order valence-corrected chi connectivity index (χ4v) is 3.26. The molecule has 0 saturated carbocycles. The summed E-state index contributed by atoms with van der Waals surface area (Å²) >= 11 is 0. The number of rotatable bonds is 0. The maximum Gasteiger partial charge on any atom is 0.263 e. The van der Waals surface area contributed by atoms with Crippen LogP contribution in [0.3, 0.4) is 0 Å². The minimum atomic E-state index is -0.230. The van der Waals surface area contributed by atoms with E-state index in [1.165, 1.54) is 4.57 Å². The maximum absolute atomic E-state index is 12.6. The second kappa shape index (κ2) is 3.54. The molecule has 0 fully saturated rings.